The number of rotatable bonds is 8. The minimum Gasteiger partial charge on any atom is -0.385 e. The number of methoxy groups -OCH3 is 1. The molecule has 0 aromatic heterocycles. The minimum absolute atomic E-state index is 0. The molecule has 0 atom stereocenters. The summed E-state index contributed by atoms with van der Waals surface area (Å²) in [6.45, 7) is 4.12. The number of nitrogens with one attached hydrogen (secondary N) is 2. The predicted octanol–water partition coefficient (Wildman–Crippen LogP) is 0.249. The van der Waals surface area contributed by atoms with E-state index in [2.05, 4.69) is 20.5 Å². The molecule has 2 aliphatic heterocycles. The molecule has 0 radical (unpaired) electrons. The molecule has 3 amide bonds. The van der Waals surface area contributed by atoms with Crippen molar-refractivity contribution < 1.29 is 19.1 Å². The summed E-state index contributed by atoms with van der Waals surface area (Å²) in [4.78, 5) is 30.7. The van der Waals surface area contributed by atoms with Gasteiger partial charge < -0.3 is 25.0 Å². The summed E-state index contributed by atoms with van der Waals surface area (Å²) in [7, 11) is 3.44. The molecule has 0 unspecified atom stereocenters. The first-order chi connectivity index (χ1) is 12.2. The van der Waals surface area contributed by atoms with Gasteiger partial charge in [-0.2, -0.15) is 0 Å². The molecule has 0 bridgehead atoms. The Kier molecular flexibility index (Phi) is 10.8. The Hall–Kier alpha value is -1.14. The first kappa shape index (κ1) is 22.9. The van der Waals surface area contributed by atoms with E-state index in [1.807, 2.05) is 0 Å². The Labute approximate surface area is 171 Å². The molecule has 26 heavy (non-hydrogen) atoms. The van der Waals surface area contributed by atoms with Crippen LogP contribution in [-0.2, 0) is 14.3 Å². The summed E-state index contributed by atoms with van der Waals surface area (Å²) in [5.41, 5.74) is 0. The highest BCUT2D eigenvalue weighted by Gasteiger charge is 2.28. The molecule has 0 saturated carbocycles. The number of hydrogen-bond donors (Lipinski definition) is 2. The Balaban J connectivity index is 0.00000338. The van der Waals surface area contributed by atoms with Gasteiger partial charge in [0.05, 0.1) is 12.6 Å². The van der Waals surface area contributed by atoms with Crippen LogP contribution in [0.15, 0.2) is 4.99 Å². The maximum Gasteiger partial charge on any atom is 0.324 e. The third-order valence-corrected chi connectivity index (χ3v) is 4.36. The molecule has 2 rings (SSSR count). The number of amides is 3. The van der Waals surface area contributed by atoms with E-state index in [-0.39, 0.29) is 48.6 Å². The summed E-state index contributed by atoms with van der Waals surface area (Å²) in [5.74, 6) is 0.609. The van der Waals surface area contributed by atoms with Gasteiger partial charge in [-0.1, -0.05) is 0 Å². The Morgan fingerprint density at radius 2 is 2.04 bits per heavy atom. The number of guanidine groups is 1. The van der Waals surface area contributed by atoms with Crippen LogP contribution < -0.4 is 10.6 Å². The minimum atomic E-state index is -0.326. The summed E-state index contributed by atoms with van der Waals surface area (Å²) in [5, 5.41) is 5.74. The summed E-state index contributed by atoms with van der Waals surface area (Å²) in [6.07, 6.45) is 3.13. The van der Waals surface area contributed by atoms with Crippen molar-refractivity contribution in [2.24, 2.45) is 4.99 Å². The van der Waals surface area contributed by atoms with Crippen molar-refractivity contribution in [2.75, 3.05) is 60.1 Å². The van der Waals surface area contributed by atoms with Crippen LogP contribution in [0.25, 0.3) is 0 Å². The second kappa shape index (κ2) is 12.3. The van der Waals surface area contributed by atoms with Crippen molar-refractivity contribution in [1.82, 2.24) is 20.4 Å². The highest BCUT2D eigenvalue weighted by atomic mass is 127. The van der Waals surface area contributed by atoms with E-state index in [9.17, 15) is 9.59 Å². The maximum absolute atomic E-state index is 11.5. The monoisotopic (exact) mass is 483 g/mol. The molecule has 0 aromatic rings. The average Bonchev–Trinajstić information content (AvgIpc) is 2.95. The number of carbonyl (C=O) groups excluding carboxylic acids is 2. The fraction of sp³-hybridized carbons (Fsp3) is 0.812. The number of imide groups is 1. The molecule has 150 valence electrons. The number of urea groups is 1. The molecule has 2 heterocycles. The number of likely N-dealkylation sites (tertiary alicyclic amines) is 1. The highest BCUT2D eigenvalue weighted by molar-refractivity contribution is 14.0. The number of carbonyl (C=O) groups is 2. The second-order valence-electron chi connectivity index (χ2n) is 6.08. The van der Waals surface area contributed by atoms with Crippen LogP contribution >= 0.6 is 24.0 Å². The first-order valence-corrected chi connectivity index (χ1v) is 8.80. The van der Waals surface area contributed by atoms with Crippen molar-refractivity contribution >= 4 is 41.9 Å². The largest absolute Gasteiger partial charge is 0.385 e. The topological polar surface area (TPSA) is 95.5 Å². The van der Waals surface area contributed by atoms with Gasteiger partial charge in [-0.05, 0) is 19.3 Å². The SMILES string of the molecule is CN=C(NCCN1C(=O)CNC1=O)N1CCC(OCCCOC)CC1.I. The third-order valence-electron chi connectivity index (χ3n) is 4.36. The van der Waals surface area contributed by atoms with Crippen LogP contribution in [0, 0.1) is 0 Å². The molecular weight excluding hydrogens is 453 g/mol. The van der Waals surface area contributed by atoms with Gasteiger partial charge in [-0.3, -0.25) is 14.7 Å². The lowest BCUT2D eigenvalue weighted by molar-refractivity contribution is -0.124. The molecule has 0 aromatic carbocycles. The number of ether oxygens (including phenoxy) is 2. The fourth-order valence-electron chi connectivity index (χ4n) is 2.98. The van der Waals surface area contributed by atoms with Crippen LogP contribution in [-0.4, -0.2) is 93.9 Å². The van der Waals surface area contributed by atoms with Gasteiger partial charge in [0.15, 0.2) is 5.96 Å². The van der Waals surface area contributed by atoms with Gasteiger partial charge in [0.2, 0.25) is 5.91 Å². The normalized spacial score (nSPS) is 18.8. The van der Waals surface area contributed by atoms with Crippen LogP contribution in [0.1, 0.15) is 19.3 Å². The van der Waals surface area contributed by atoms with Crippen molar-refractivity contribution in [3.05, 3.63) is 0 Å². The van der Waals surface area contributed by atoms with Gasteiger partial charge in [0, 0.05) is 53.6 Å². The van der Waals surface area contributed by atoms with Crippen LogP contribution in [0.3, 0.4) is 0 Å². The molecule has 2 N–H and O–H groups in total. The lowest BCUT2D eigenvalue weighted by Gasteiger charge is -2.34. The standard InChI is InChI=1S/C16H29N5O4.HI/c1-17-15(18-6-9-21-14(22)12-19-16(21)23)20-7-4-13(5-8-20)25-11-3-10-24-2;/h13H,3-12H2,1-2H3,(H,17,18)(H,19,23);1H. The van der Waals surface area contributed by atoms with Crippen molar-refractivity contribution in [3.63, 3.8) is 0 Å². The fourth-order valence-corrected chi connectivity index (χ4v) is 2.98. The van der Waals surface area contributed by atoms with Crippen molar-refractivity contribution in [2.45, 2.75) is 25.4 Å². The molecule has 2 saturated heterocycles. The quantitative estimate of drug-likeness (QED) is 0.169. The van der Waals surface area contributed by atoms with Crippen LogP contribution in [0.2, 0.25) is 0 Å². The highest BCUT2D eigenvalue weighted by Crippen LogP contribution is 2.14. The summed E-state index contributed by atoms with van der Waals surface area (Å²) < 4.78 is 10.9. The third kappa shape index (κ3) is 6.88. The van der Waals surface area contributed by atoms with Gasteiger partial charge in [-0.25, -0.2) is 4.79 Å². The molecule has 2 fully saturated rings. The zero-order valence-corrected chi connectivity index (χ0v) is 17.9. The van der Waals surface area contributed by atoms with E-state index in [1.165, 1.54) is 4.90 Å². The second-order valence-corrected chi connectivity index (χ2v) is 6.08. The zero-order chi connectivity index (χ0) is 18.1. The van der Waals surface area contributed by atoms with Gasteiger partial charge >= 0.3 is 6.03 Å². The lowest BCUT2D eigenvalue weighted by atomic mass is 10.1. The number of piperidine rings is 1. The molecular formula is C16H30IN5O4. The summed E-state index contributed by atoms with van der Waals surface area (Å²) in [6, 6.07) is -0.326. The maximum atomic E-state index is 11.5. The number of halogens is 1. The predicted molar refractivity (Wildman–Crippen MR) is 109 cm³/mol. The number of hydrogen-bond acceptors (Lipinski definition) is 5. The van der Waals surface area contributed by atoms with Crippen LogP contribution in [0.4, 0.5) is 4.79 Å². The van der Waals surface area contributed by atoms with E-state index in [4.69, 9.17) is 9.47 Å². The Morgan fingerprint density at radius 1 is 1.31 bits per heavy atom. The molecule has 0 spiro atoms. The molecule has 10 heteroatoms. The van der Waals surface area contributed by atoms with E-state index >= 15 is 0 Å². The van der Waals surface area contributed by atoms with Gasteiger partial charge in [0.1, 0.15) is 0 Å². The zero-order valence-electron chi connectivity index (χ0n) is 15.5. The van der Waals surface area contributed by atoms with Crippen LogP contribution in [0.5, 0.6) is 0 Å². The number of aliphatic imine (C=N–C) groups is 1. The molecule has 2 aliphatic rings. The molecule has 0 aliphatic carbocycles. The summed E-state index contributed by atoms with van der Waals surface area (Å²) >= 11 is 0. The number of nitrogens with zero attached hydrogens (tertiary/aromatic N) is 3. The molecule has 9 nitrogen and oxygen atoms in total. The van der Waals surface area contributed by atoms with Crippen molar-refractivity contribution in [3.8, 4) is 0 Å². The Morgan fingerprint density at radius 3 is 2.62 bits per heavy atom. The van der Waals surface area contributed by atoms with E-state index < -0.39 is 0 Å². The van der Waals surface area contributed by atoms with E-state index in [1.54, 1.807) is 14.2 Å². The first-order valence-electron chi connectivity index (χ1n) is 8.80. The Bertz CT molecular complexity index is 467. The van der Waals surface area contributed by atoms with Gasteiger partial charge in [0.25, 0.3) is 0 Å². The lowest BCUT2D eigenvalue weighted by Crippen LogP contribution is -2.49. The smallest absolute Gasteiger partial charge is 0.324 e. The van der Waals surface area contributed by atoms with Crippen molar-refractivity contribution in [1.29, 1.82) is 0 Å². The van der Waals surface area contributed by atoms with Gasteiger partial charge in [-0.15, -0.1) is 24.0 Å². The van der Waals surface area contributed by atoms with E-state index in [0.29, 0.717) is 13.1 Å². The average molecular weight is 483 g/mol. The van der Waals surface area contributed by atoms with E-state index in [0.717, 1.165) is 51.5 Å².